The van der Waals surface area contributed by atoms with Crippen molar-refractivity contribution < 1.29 is 9.53 Å². The summed E-state index contributed by atoms with van der Waals surface area (Å²) in [4.78, 5) is 21.0. The Labute approximate surface area is 142 Å². The molecule has 1 aliphatic heterocycles. The summed E-state index contributed by atoms with van der Waals surface area (Å²) in [6.07, 6.45) is 1.76. The van der Waals surface area contributed by atoms with Gasteiger partial charge in [-0.3, -0.25) is 4.90 Å². The Morgan fingerprint density at radius 2 is 2.17 bits per heavy atom. The molecule has 0 saturated heterocycles. The zero-order chi connectivity index (χ0) is 16.9. The quantitative estimate of drug-likeness (QED) is 0.938. The number of pyridine rings is 1. The van der Waals surface area contributed by atoms with E-state index in [1.807, 2.05) is 36.4 Å². The normalized spacial score (nSPS) is 13.4. The number of nitrogens with zero attached hydrogens (tertiary/aromatic N) is 3. The van der Waals surface area contributed by atoms with Crippen LogP contribution in [0.25, 0.3) is 0 Å². The van der Waals surface area contributed by atoms with Gasteiger partial charge in [0.2, 0.25) is 0 Å². The third kappa shape index (κ3) is 3.27. The minimum absolute atomic E-state index is 0.108. The van der Waals surface area contributed by atoms with Crippen molar-refractivity contribution in [2.24, 2.45) is 0 Å². The van der Waals surface area contributed by atoms with Gasteiger partial charge in [0.05, 0.1) is 12.8 Å². The highest BCUT2D eigenvalue weighted by Crippen LogP contribution is 2.30. The van der Waals surface area contributed by atoms with Crippen molar-refractivity contribution in [3.8, 4) is 5.75 Å². The van der Waals surface area contributed by atoms with Crippen LogP contribution in [-0.4, -0.2) is 37.8 Å². The van der Waals surface area contributed by atoms with Gasteiger partial charge >= 0.3 is 6.03 Å². The molecule has 2 heterocycles. The molecule has 6 heteroatoms. The topological polar surface area (TPSA) is 57.7 Å². The molecule has 6 nitrogen and oxygen atoms in total. The van der Waals surface area contributed by atoms with Gasteiger partial charge in [0, 0.05) is 32.4 Å². The highest BCUT2D eigenvalue weighted by Gasteiger charge is 2.26. The first-order valence-electron chi connectivity index (χ1n) is 8.11. The summed E-state index contributed by atoms with van der Waals surface area (Å²) in [6, 6.07) is 11.4. The molecule has 0 fully saturated rings. The molecule has 126 valence electrons. The number of urea groups is 1. The van der Waals surface area contributed by atoms with Crippen LogP contribution in [0.3, 0.4) is 0 Å². The van der Waals surface area contributed by atoms with Crippen molar-refractivity contribution in [1.29, 1.82) is 0 Å². The predicted molar refractivity (Wildman–Crippen MR) is 94.7 cm³/mol. The number of benzene rings is 1. The van der Waals surface area contributed by atoms with E-state index in [9.17, 15) is 4.79 Å². The molecular weight excluding hydrogens is 304 g/mol. The van der Waals surface area contributed by atoms with Crippen molar-refractivity contribution >= 4 is 17.5 Å². The number of hydrogen-bond donors (Lipinski definition) is 1. The lowest BCUT2D eigenvalue weighted by Gasteiger charge is -2.36. The first kappa shape index (κ1) is 16.1. The summed E-state index contributed by atoms with van der Waals surface area (Å²) in [5, 5.41) is 2.98. The number of hydrogen-bond acceptors (Lipinski definition) is 4. The number of nitrogens with one attached hydrogen (secondary N) is 1. The second kappa shape index (κ2) is 7.21. The van der Waals surface area contributed by atoms with E-state index in [1.54, 1.807) is 18.2 Å². The largest absolute Gasteiger partial charge is 0.497 e. The van der Waals surface area contributed by atoms with E-state index in [2.05, 4.69) is 22.1 Å². The lowest BCUT2D eigenvalue weighted by molar-refractivity contribution is 0.245. The van der Waals surface area contributed by atoms with E-state index in [0.717, 1.165) is 35.9 Å². The number of aromatic nitrogens is 1. The molecule has 24 heavy (non-hydrogen) atoms. The van der Waals surface area contributed by atoms with E-state index < -0.39 is 0 Å². The van der Waals surface area contributed by atoms with Crippen LogP contribution in [0.1, 0.15) is 12.5 Å². The van der Waals surface area contributed by atoms with Crippen molar-refractivity contribution in [2.75, 3.05) is 36.5 Å². The van der Waals surface area contributed by atoms with E-state index in [4.69, 9.17) is 4.74 Å². The summed E-state index contributed by atoms with van der Waals surface area (Å²) >= 11 is 0. The van der Waals surface area contributed by atoms with Gasteiger partial charge in [0.1, 0.15) is 5.75 Å². The standard InChI is InChI=1S/C18H22N4O2/c1-3-21-10-11-22(16-8-5-9-19-17(16)21)18(23)20-13-14-6-4-7-15(12-14)24-2/h4-9,12H,3,10-11,13H2,1-2H3,(H,20,23). The lowest BCUT2D eigenvalue weighted by Crippen LogP contribution is -2.48. The Balaban J connectivity index is 1.71. The van der Waals surface area contributed by atoms with Gasteiger partial charge in [-0.25, -0.2) is 9.78 Å². The minimum atomic E-state index is -0.108. The number of methoxy groups -OCH3 is 1. The average Bonchev–Trinajstić information content (AvgIpc) is 2.65. The maximum atomic E-state index is 12.6. The van der Waals surface area contributed by atoms with Gasteiger partial charge in [-0.05, 0) is 36.8 Å². The van der Waals surface area contributed by atoms with E-state index in [0.29, 0.717) is 13.1 Å². The number of amides is 2. The number of rotatable bonds is 4. The predicted octanol–water partition coefficient (Wildman–Crippen LogP) is 2.65. The molecule has 0 aliphatic carbocycles. The van der Waals surface area contributed by atoms with Gasteiger partial charge in [0.25, 0.3) is 0 Å². The Morgan fingerprint density at radius 1 is 1.29 bits per heavy atom. The van der Waals surface area contributed by atoms with Crippen LogP contribution in [0.15, 0.2) is 42.6 Å². The second-order valence-corrected chi connectivity index (χ2v) is 5.59. The van der Waals surface area contributed by atoms with Crippen LogP contribution in [0.5, 0.6) is 5.75 Å². The molecule has 0 spiro atoms. The molecule has 0 radical (unpaired) electrons. The smallest absolute Gasteiger partial charge is 0.322 e. The molecule has 1 aromatic carbocycles. The number of fused-ring (bicyclic) bond motifs is 1. The number of anilines is 2. The Morgan fingerprint density at radius 3 is 2.96 bits per heavy atom. The summed E-state index contributed by atoms with van der Waals surface area (Å²) < 4.78 is 5.21. The fourth-order valence-corrected chi connectivity index (χ4v) is 2.86. The third-order valence-electron chi connectivity index (χ3n) is 4.15. The fourth-order valence-electron chi connectivity index (χ4n) is 2.86. The van der Waals surface area contributed by atoms with Crippen LogP contribution in [0, 0.1) is 0 Å². The van der Waals surface area contributed by atoms with Crippen molar-refractivity contribution in [2.45, 2.75) is 13.5 Å². The molecule has 0 saturated carbocycles. The second-order valence-electron chi connectivity index (χ2n) is 5.59. The summed E-state index contributed by atoms with van der Waals surface area (Å²) in [5.74, 6) is 1.65. The Hall–Kier alpha value is -2.76. The van der Waals surface area contributed by atoms with E-state index in [1.165, 1.54) is 0 Å². The molecule has 0 atom stereocenters. The van der Waals surface area contributed by atoms with Gasteiger partial charge in [-0.2, -0.15) is 0 Å². The maximum Gasteiger partial charge on any atom is 0.322 e. The third-order valence-corrected chi connectivity index (χ3v) is 4.15. The molecule has 1 aliphatic rings. The maximum absolute atomic E-state index is 12.6. The molecular formula is C18H22N4O2. The first-order chi connectivity index (χ1) is 11.7. The lowest BCUT2D eigenvalue weighted by atomic mass is 10.2. The monoisotopic (exact) mass is 326 g/mol. The van der Waals surface area contributed by atoms with Crippen LogP contribution in [-0.2, 0) is 6.54 Å². The van der Waals surface area contributed by atoms with Crippen LogP contribution < -0.4 is 19.9 Å². The van der Waals surface area contributed by atoms with Gasteiger partial charge in [0.15, 0.2) is 5.82 Å². The Bertz CT molecular complexity index is 720. The number of likely N-dealkylation sites (N-methyl/N-ethyl adjacent to an activating group) is 1. The highest BCUT2D eigenvalue weighted by atomic mass is 16.5. The SMILES string of the molecule is CCN1CCN(C(=O)NCc2cccc(OC)c2)c2cccnc21. The van der Waals surface area contributed by atoms with Crippen molar-refractivity contribution in [3.05, 3.63) is 48.2 Å². The van der Waals surface area contributed by atoms with Gasteiger partial charge in [-0.1, -0.05) is 12.1 Å². The van der Waals surface area contributed by atoms with Gasteiger partial charge < -0.3 is 15.0 Å². The zero-order valence-electron chi connectivity index (χ0n) is 14.0. The fraction of sp³-hybridized carbons (Fsp3) is 0.333. The van der Waals surface area contributed by atoms with E-state index >= 15 is 0 Å². The summed E-state index contributed by atoms with van der Waals surface area (Å²) in [6.45, 7) is 4.86. The summed E-state index contributed by atoms with van der Waals surface area (Å²) in [7, 11) is 1.63. The average molecular weight is 326 g/mol. The molecule has 1 aromatic heterocycles. The molecule has 2 aromatic rings. The molecule has 0 unspecified atom stereocenters. The Kier molecular flexibility index (Phi) is 4.84. The molecule has 2 amide bonds. The number of carbonyl (C=O) groups excluding carboxylic acids is 1. The molecule has 3 rings (SSSR count). The number of carbonyl (C=O) groups is 1. The van der Waals surface area contributed by atoms with Crippen LogP contribution in [0.4, 0.5) is 16.3 Å². The van der Waals surface area contributed by atoms with Crippen molar-refractivity contribution in [1.82, 2.24) is 10.3 Å². The van der Waals surface area contributed by atoms with E-state index in [-0.39, 0.29) is 6.03 Å². The zero-order valence-corrected chi connectivity index (χ0v) is 14.0. The van der Waals surface area contributed by atoms with Crippen molar-refractivity contribution in [3.63, 3.8) is 0 Å². The molecule has 1 N–H and O–H groups in total. The first-order valence-corrected chi connectivity index (χ1v) is 8.11. The minimum Gasteiger partial charge on any atom is -0.497 e. The van der Waals surface area contributed by atoms with Gasteiger partial charge in [-0.15, -0.1) is 0 Å². The number of ether oxygens (including phenoxy) is 1. The van der Waals surface area contributed by atoms with Crippen LogP contribution in [0.2, 0.25) is 0 Å². The molecule has 0 bridgehead atoms. The highest BCUT2D eigenvalue weighted by molar-refractivity contribution is 5.95. The van der Waals surface area contributed by atoms with Crippen LogP contribution >= 0.6 is 0 Å². The summed E-state index contributed by atoms with van der Waals surface area (Å²) in [5.41, 5.74) is 1.86.